The van der Waals surface area contributed by atoms with Gasteiger partial charge in [0, 0.05) is 18.5 Å². The van der Waals surface area contributed by atoms with Crippen molar-refractivity contribution in [2.45, 2.75) is 4.90 Å². The zero-order chi connectivity index (χ0) is 14.0. The van der Waals surface area contributed by atoms with Gasteiger partial charge in [-0.05, 0) is 0 Å². The van der Waals surface area contributed by atoms with Gasteiger partial charge in [0.1, 0.15) is 11.3 Å². The number of halogens is 2. The maximum atomic E-state index is 12.0. The lowest BCUT2D eigenvalue weighted by Crippen LogP contribution is -2.21. The molecule has 0 atom stereocenters. The second kappa shape index (κ2) is 5.16. The molecule has 0 saturated carbocycles. The molecule has 100 valence electrons. The van der Waals surface area contributed by atoms with Gasteiger partial charge in [-0.2, -0.15) is 0 Å². The van der Waals surface area contributed by atoms with Crippen molar-refractivity contribution in [3.05, 3.63) is 45.2 Å². The van der Waals surface area contributed by atoms with Crippen LogP contribution >= 0.6 is 23.2 Å². The molecule has 2 rings (SSSR count). The fraction of sp³-hybridized carbons (Fsp3) is 0. The van der Waals surface area contributed by atoms with E-state index in [-0.39, 0.29) is 16.0 Å². The number of aromatic nitrogens is 3. The molecule has 2 aromatic rings. The van der Waals surface area contributed by atoms with E-state index in [0.717, 1.165) is 18.6 Å². The normalized spacial score (nSPS) is 11.3. The van der Waals surface area contributed by atoms with Crippen molar-refractivity contribution in [2.24, 2.45) is 0 Å². The third kappa shape index (κ3) is 2.86. The Bertz CT molecular complexity index is 775. The first-order chi connectivity index (χ1) is 8.92. The van der Waals surface area contributed by atoms with Crippen LogP contribution in [0.2, 0.25) is 10.2 Å². The molecule has 10 heteroatoms. The predicted octanol–water partition coefficient (Wildman–Crippen LogP) is 1.27. The molecule has 0 fully saturated rings. The molecule has 0 aliphatic heterocycles. The second-order valence-corrected chi connectivity index (χ2v) is 5.69. The van der Waals surface area contributed by atoms with E-state index in [2.05, 4.69) is 19.7 Å². The van der Waals surface area contributed by atoms with Gasteiger partial charge in [0.15, 0.2) is 15.9 Å². The van der Waals surface area contributed by atoms with Crippen LogP contribution in [0.25, 0.3) is 0 Å². The van der Waals surface area contributed by atoms with Crippen LogP contribution < -0.4 is 10.2 Å². The van der Waals surface area contributed by atoms with E-state index in [1.807, 2.05) is 0 Å². The molecule has 2 aromatic heterocycles. The zero-order valence-corrected chi connectivity index (χ0v) is 11.4. The molecule has 0 amide bonds. The summed E-state index contributed by atoms with van der Waals surface area (Å²) in [6.07, 6.45) is 3.42. The van der Waals surface area contributed by atoms with Gasteiger partial charge in [-0.3, -0.25) is 9.52 Å². The maximum absolute atomic E-state index is 12.0. The van der Waals surface area contributed by atoms with Crippen molar-refractivity contribution in [1.29, 1.82) is 0 Å². The van der Waals surface area contributed by atoms with E-state index in [0.29, 0.717) is 0 Å². The van der Waals surface area contributed by atoms with E-state index in [4.69, 9.17) is 23.2 Å². The highest BCUT2D eigenvalue weighted by molar-refractivity contribution is 7.92. The number of nitrogens with zero attached hydrogens (tertiary/aromatic N) is 2. The van der Waals surface area contributed by atoms with Crippen LogP contribution in [0.1, 0.15) is 0 Å². The zero-order valence-electron chi connectivity index (χ0n) is 9.09. The summed E-state index contributed by atoms with van der Waals surface area (Å²) in [6.45, 7) is 0. The van der Waals surface area contributed by atoms with Crippen LogP contribution in [0.15, 0.2) is 34.5 Å². The summed E-state index contributed by atoms with van der Waals surface area (Å²) in [5.74, 6) is -0.204. The van der Waals surface area contributed by atoms with Crippen molar-refractivity contribution in [3.63, 3.8) is 0 Å². The average molecular weight is 321 g/mol. The summed E-state index contributed by atoms with van der Waals surface area (Å²) in [7, 11) is -4.11. The molecule has 0 aliphatic rings. The summed E-state index contributed by atoms with van der Waals surface area (Å²) in [4.78, 5) is 20.8. The van der Waals surface area contributed by atoms with Crippen LogP contribution in [-0.4, -0.2) is 23.4 Å². The first-order valence-electron chi connectivity index (χ1n) is 4.78. The number of H-pyrrole nitrogens is 1. The molecule has 0 spiro atoms. The van der Waals surface area contributed by atoms with Gasteiger partial charge in [0.05, 0.1) is 0 Å². The Labute approximate surface area is 117 Å². The predicted molar refractivity (Wildman–Crippen MR) is 69.9 cm³/mol. The Morgan fingerprint density at radius 1 is 1.26 bits per heavy atom. The summed E-state index contributed by atoms with van der Waals surface area (Å²) in [5.41, 5.74) is -0.664. The van der Waals surface area contributed by atoms with E-state index in [1.54, 1.807) is 0 Å². The van der Waals surface area contributed by atoms with E-state index in [9.17, 15) is 13.2 Å². The van der Waals surface area contributed by atoms with Crippen LogP contribution in [0.5, 0.6) is 0 Å². The number of nitrogens with one attached hydrogen (secondary N) is 2. The Morgan fingerprint density at radius 3 is 2.68 bits per heavy atom. The van der Waals surface area contributed by atoms with E-state index >= 15 is 0 Å². The molecule has 0 bridgehead atoms. The van der Waals surface area contributed by atoms with Crippen LogP contribution in [-0.2, 0) is 10.0 Å². The largest absolute Gasteiger partial charge is 0.366 e. The highest BCUT2D eigenvalue weighted by Crippen LogP contribution is 2.26. The third-order valence-electron chi connectivity index (χ3n) is 2.06. The van der Waals surface area contributed by atoms with Crippen LogP contribution in [0.3, 0.4) is 0 Å². The first kappa shape index (κ1) is 13.8. The third-order valence-corrected chi connectivity index (χ3v) is 4.16. The van der Waals surface area contributed by atoms with E-state index in [1.165, 1.54) is 6.20 Å². The monoisotopic (exact) mass is 320 g/mol. The van der Waals surface area contributed by atoms with Gasteiger partial charge < -0.3 is 4.98 Å². The molecular weight excluding hydrogens is 315 g/mol. The highest BCUT2D eigenvalue weighted by Gasteiger charge is 2.20. The molecular formula is C9H6Cl2N4O3S. The van der Waals surface area contributed by atoms with Gasteiger partial charge in [-0.25, -0.2) is 18.4 Å². The number of hydrogen-bond donors (Lipinski definition) is 2. The van der Waals surface area contributed by atoms with Crippen molar-refractivity contribution in [1.82, 2.24) is 15.0 Å². The minimum Gasteiger partial charge on any atom is -0.366 e. The first-order valence-corrected chi connectivity index (χ1v) is 7.01. The Kier molecular flexibility index (Phi) is 3.74. The van der Waals surface area contributed by atoms with Gasteiger partial charge in [0.2, 0.25) is 5.43 Å². The topological polar surface area (TPSA) is 105 Å². The molecule has 0 aliphatic carbocycles. The maximum Gasteiger partial charge on any atom is 0.268 e. The average Bonchev–Trinajstić information content (AvgIpc) is 2.35. The number of aromatic amines is 1. The molecule has 2 N–H and O–H groups in total. The fourth-order valence-electron chi connectivity index (χ4n) is 1.21. The SMILES string of the molecule is O=c1cc[nH]cc1S(=O)(=O)Nc1ncnc(Cl)c1Cl. The van der Waals surface area contributed by atoms with E-state index < -0.39 is 20.3 Å². The summed E-state index contributed by atoms with van der Waals surface area (Å²) < 4.78 is 26.1. The van der Waals surface area contributed by atoms with Gasteiger partial charge >= 0.3 is 0 Å². The van der Waals surface area contributed by atoms with Crippen LogP contribution in [0.4, 0.5) is 5.82 Å². The van der Waals surface area contributed by atoms with Crippen molar-refractivity contribution in [2.75, 3.05) is 4.72 Å². The minimum absolute atomic E-state index is 0.101. The van der Waals surface area contributed by atoms with Gasteiger partial charge in [-0.1, -0.05) is 23.2 Å². The molecule has 0 saturated heterocycles. The number of anilines is 1. The fourth-order valence-corrected chi connectivity index (χ4v) is 2.62. The van der Waals surface area contributed by atoms with Crippen molar-refractivity contribution < 1.29 is 8.42 Å². The lowest BCUT2D eigenvalue weighted by molar-refractivity contribution is 0.600. The number of hydrogen-bond acceptors (Lipinski definition) is 5. The van der Waals surface area contributed by atoms with Crippen molar-refractivity contribution in [3.8, 4) is 0 Å². The standard InChI is InChI=1S/C9H6Cl2N4O3S/c10-7-8(11)13-4-14-9(7)15-19(17,18)6-3-12-2-1-5(6)16/h1-4H,(H,12,16)(H,13,14,15). The van der Waals surface area contributed by atoms with Gasteiger partial charge in [-0.15, -0.1) is 0 Å². The molecule has 0 unspecified atom stereocenters. The van der Waals surface area contributed by atoms with Crippen molar-refractivity contribution >= 4 is 39.0 Å². The molecule has 19 heavy (non-hydrogen) atoms. The Morgan fingerprint density at radius 2 is 2.00 bits per heavy atom. The highest BCUT2D eigenvalue weighted by atomic mass is 35.5. The molecule has 0 aromatic carbocycles. The number of pyridine rings is 1. The smallest absolute Gasteiger partial charge is 0.268 e. The second-order valence-electron chi connectivity index (χ2n) is 3.31. The summed E-state index contributed by atoms with van der Waals surface area (Å²) in [5, 5.41) is -0.253. The Balaban J connectivity index is 2.46. The summed E-state index contributed by atoms with van der Waals surface area (Å²) in [6, 6.07) is 1.09. The molecule has 7 nitrogen and oxygen atoms in total. The lowest BCUT2D eigenvalue weighted by atomic mass is 10.5. The van der Waals surface area contributed by atoms with Crippen LogP contribution in [0, 0.1) is 0 Å². The lowest BCUT2D eigenvalue weighted by Gasteiger charge is -2.07. The number of rotatable bonds is 3. The Hall–Kier alpha value is -1.64. The molecule has 2 heterocycles. The molecule has 0 radical (unpaired) electrons. The summed E-state index contributed by atoms with van der Waals surface area (Å²) >= 11 is 11.4. The quantitative estimate of drug-likeness (QED) is 0.828. The van der Waals surface area contributed by atoms with Gasteiger partial charge in [0.25, 0.3) is 10.0 Å². The number of sulfonamides is 1. The minimum atomic E-state index is -4.11.